The molecule has 1 saturated heterocycles. The molecule has 0 amide bonds. The highest BCUT2D eigenvalue weighted by atomic mass is 32.7. The fraction of sp³-hybridized carbons (Fsp3) is 0.400. The van der Waals surface area contributed by atoms with Gasteiger partial charge in [-0.05, 0) is 25.0 Å². The highest BCUT2D eigenvalue weighted by Gasteiger charge is 2.39. The summed E-state index contributed by atoms with van der Waals surface area (Å²) in [6.45, 7) is -0.978. The lowest BCUT2D eigenvalue weighted by Crippen LogP contribution is -2.07. The summed E-state index contributed by atoms with van der Waals surface area (Å²) in [5.74, 6) is 0. The lowest BCUT2D eigenvalue weighted by Gasteiger charge is -2.13. The van der Waals surface area contributed by atoms with E-state index < -0.39 is 6.46 Å². The Balaban J connectivity index is 2.29. The molecule has 0 aliphatic carbocycles. The van der Waals surface area contributed by atoms with E-state index in [1.54, 1.807) is 0 Å². The van der Waals surface area contributed by atoms with E-state index in [0.29, 0.717) is 0 Å². The molecule has 1 aliphatic heterocycles. The second kappa shape index (κ2) is 3.40. The smallest absolute Gasteiger partial charge is 0.0620 e. The first-order chi connectivity index (χ1) is 5.81. The van der Waals surface area contributed by atoms with Crippen molar-refractivity contribution in [2.45, 2.75) is 12.8 Å². The molecule has 0 N–H and O–H groups in total. The summed E-state index contributed by atoms with van der Waals surface area (Å²) in [4.78, 5) is 0. The van der Waals surface area contributed by atoms with Crippen molar-refractivity contribution in [2.24, 2.45) is 0 Å². The Morgan fingerprint density at radius 1 is 1.00 bits per heavy atom. The van der Waals surface area contributed by atoms with Crippen molar-refractivity contribution in [2.75, 3.05) is 12.3 Å². The third kappa shape index (κ3) is 1.53. The molecule has 0 saturated carbocycles. The maximum absolute atomic E-state index is 4.88. The summed E-state index contributed by atoms with van der Waals surface area (Å²) in [5.41, 5.74) is 0. The average Bonchev–Trinajstić information content (AvgIpc) is 2.55. The SMILES string of the molecule is S[P+]1(c2ccccc2)CCCC1. The second-order valence-corrected chi connectivity index (χ2v) is 8.97. The van der Waals surface area contributed by atoms with E-state index in [2.05, 4.69) is 30.3 Å². The van der Waals surface area contributed by atoms with Gasteiger partial charge in [0.2, 0.25) is 0 Å². The van der Waals surface area contributed by atoms with Crippen molar-refractivity contribution < 1.29 is 0 Å². The minimum absolute atomic E-state index is 0.978. The van der Waals surface area contributed by atoms with Crippen LogP contribution < -0.4 is 5.30 Å². The molecule has 0 atom stereocenters. The van der Waals surface area contributed by atoms with Crippen LogP contribution in [0.2, 0.25) is 0 Å². The number of thiol groups is 1. The van der Waals surface area contributed by atoms with E-state index >= 15 is 0 Å². The Hall–Kier alpha value is 0. The predicted octanol–water partition coefficient (Wildman–Crippen LogP) is 2.97. The molecule has 2 heteroatoms. The van der Waals surface area contributed by atoms with Gasteiger partial charge >= 0.3 is 0 Å². The van der Waals surface area contributed by atoms with E-state index in [1.165, 1.54) is 30.5 Å². The van der Waals surface area contributed by atoms with E-state index in [0.717, 1.165) is 0 Å². The maximum atomic E-state index is 4.88. The van der Waals surface area contributed by atoms with E-state index in [1.807, 2.05) is 0 Å². The van der Waals surface area contributed by atoms with E-state index in [4.69, 9.17) is 12.2 Å². The monoisotopic (exact) mass is 197 g/mol. The molecule has 0 aromatic heterocycles. The van der Waals surface area contributed by atoms with Crippen LogP contribution in [-0.4, -0.2) is 12.3 Å². The predicted molar refractivity (Wildman–Crippen MR) is 61.0 cm³/mol. The molecular weight excluding hydrogens is 183 g/mol. The Morgan fingerprint density at radius 3 is 2.17 bits per heavy atom. The van der Waals surface area contributed by atoms with Crippen LogP contribution >= 0.6 is 18.7 Å². The molecule has 0 radical (unpaired) electrons. The van der Waals surface area contributed by atoms with Crippen molar-refractivity contribution in [3.05, 3.63) is 30.3 Å². The molecule has 0 nitrogen and oxygen atoms in total. The van der Waals surface area contributed by atoms with Crippen LogP contribution in [0.4, 0.5) is 0 Å². The standard InChI is InChI=1S/C10H14PS/c12-11(8-4-5-9-11)10-6-2-1-3-7-10/h1-3,6-7,12H,4-5,8-9H2/q+1. The molecule has 1 aromatic carbocycles. The normalized spacial score (nSPS) is 21.1. The van der Waals surface area contributed by atoms with Crippen LogP contribution in [0.1, 0.15) is 12.8 Å². The number of rotatable bonds is 1. The van der Waals surface area contributed by atoms with Crippen molar-refractivity contribution >= 4 is 24.0 Å². The number of benzene rings is 1. The van der Waals surface area contributed by atoms with Gasteiger partial charge < -0.3 is 0 Å². The van der Waals surface area contributed by atoms with E-state index in [-0.39, 0.29) is 0 Å². The minimum Gasteiger partial charge on any atom is -0.0620 e. The fourth-order valence-electron chi connectivity index (χ4n) is 1.82. The molecule has 1 aromatic rings. The first kappa shape index (κ1) is 8.59. The Kier molecular flexibility index (Phi) is 2.43. The maximum Gasteiger partial charge on any atom is 0.105 e. The summed E-state index contributed by atoms with van der Waals surface area (Å²) in [7, 11) is 0. The molecule has 0 spiro atoms. The van der Waals surface area contributed by atoms with Gasteiger partial charge in [0, 0.05) is 12.2 Å². The molecule has 2 rings (SSSR count). The van der Waals surface area contributed by atoms with Gasteiger partial charge in [-0.25, -0.2) is 0 Å². The topological polar surface area (TPSA) is 0 Å². The van der Waals surface area contributed by atoms with Crippen molar-refractivity contribution in [3.63, 3.8) is 0 Å². The quantitative estimate of drug-likeness (QED) is 0.519. The Labute approximate surface area is 79.9 Å². The molecule has 1 heterocycles. The highest BCUT2D eigenvalue weighted by Crippen LogP contribution is 2.66. The molecule has 0 bridgehead atoms. The molecule has 1 fully saturated rings. The second-order valence-electron chi connectivity index (χ2n) is 3.41. The van der Waals surface area contributed by atoms with Crippen LogP contribution in [0.5, 0.6) is 0 Å². The summed E-state index contributed by atoms with van der Waals surface area (Å²) >= 11 is 4.88. The van der Waals surface area contributed by atoms with Crippen molar-refractivity contribution in [1.29, 1.82) is 0 Å². The molecule has 1 aliphatic rings. The van der Waals surface area contributed by atoms with Gasteiger partial charge in [-0.3, -0.25) is 0 Å². The van der Waals surface area contributed by atoms with Crippen molar-refractivity contribution in [3.8, 4) is 0 Å². The van der Waals surface area contributed by atoms with Crippen LogP contribution in [-0.2, 0) is 0 Å². The molecule has 12 heavy (non-hydrogen) atoms. The Bertz CT molecular complexity index is 252. The van der Waals surface area contributed by atoms with Crippen LogP contribution in [0.15, 0.2) is 30.3 Å². The van der Waals surface area contributed by atoms with Crippen LogP contribution in [0.25, 0.3) is 0 Å². The van der Waals surface area contributed by atoms with Gasteiger partial charge in [-0.2, -0.15) is 0 Å². The first-order valence-corrected chi connectivity index (χ1v) is 7.78. The largest absolute Gasteiger partial charge is 0.105 e. The summed E-state index contributed by atoms with van der Waals surface area (Å²) in [5, 5.41) is 1.51. The van der Waals surface area contributed by atoms with Gasteiger partial charge in [-0.1, -0.05) is 18.2 Å². The van der Waals surface area contributed by atoms with Gasteiger partial charge in [-0.15, -0.1) is 0 Å². The van der Waals surface area contributed by atoms with Crippen LogP contribution in [0.3, 0.4) is 0 Å². The van der Waals surface area contributed by atoms with Gasteiger partial charge in [0.05, 0.1) is 12.3 Å². The third-order valence-electron chi connectivity index (χ3n) is 2.54. The number of hydrogen-bond acceptors (Lipinski definition) is 1. The minimum atomic E-state index is -0.978. The summed E-state index contributed by atoms with van der Waals surface area (Å²) in [6, 6.07) is 10.8. The third-order valence-corrected chi connectivity index (χ3v) is 7.81. The van der Waals surface area contributed by atoms with Gasteiger partial charge in [0.25, 0.3) is 0 Å². The zero-order valence-electron chi connectivity index (χ0n) is 7.11. The van der Waals surface area contributed by atoms with Gasteiger partial charge in [0.1, 0.15) is 11.8 Å². The van der Waals surface area contributed by atoms with Crippen LogP contribution in [0, 0.1) is 0 Å². The molecule has 0 unspecified atom stereocenters. The molecule has 64 valence electrons. The fourth-order valence-corrected chi connectivity index (χ4v) is 6.03. The summed E-state index contributed by atoms with van der Waals surface area (Å²) in [6.07, 6.45) is 5.46. The zero-order chi connectivity index (χ0) is 8.44. The Morgan fingerprint density at radius 2 is 1.58 bits per heavy atom. The van der Waals surface area contributed by atoms with Gasteiger partial charge in [0.15, 0.2) is 0 Å². The average molecular weight is 197 g/mol. The zero-order valence-corrected chi connectivity index (χ0v) is 8.90. The first-order valence-electron chi connectivity index (χ1n) is 4.47. The van der Waals surface area contributed by atoms with E-state index in [9.17, 15) is 0 Å². The lowest BCUT2D eigenvalue weighted by atomic mass is 10.4. The lowest BCUT2D eigenvalue weighted by molar-refractivity contribution is 0.949. The highest BCUT2D eigenvalue weighted by molar-refractivity contribution is 8.55. The molecular formula is C10H14PS+. The summed E-state index contributed by atoms with van der Waals surface area (Å²) < 4.78 is 0. The van der Waals surface area contributed by atoms with Crippen molar-refractivity contribution in [1.82, 2.24) is 0 Å². The number of hydrogen-bond donors (Lipinski definition) is 1.